The maximum atomic E-state index is 6.08. The van der Waals surface area contributed by atoms with Gasteiger partial charge in [-0.05, 0) is 25.7 Å². The number of aryl methyl sites for hydroxylation is 1. The fraction of sp³-hybridized carbons (Fsp3) is 0.733. The zero-order chi connectivity index (χ0) is 15.6. The fourth-order valence-electron chi connectivity index (χ4n) is 2.59. The molecule has 0 bridgehead atoms. The summed E-state index contributed by atoms with van der Waals surface area (Å²) >= 11 is 0. The van der Waals surface area contributed by atoms with Crippen LogP contribution in [-0.2, 0) is 6.42 Å². The molecule has 0 aliphatic rings. The predicted octanol–water partition coefficient (Wildman–Crippen LogP) is 3.26. The summed E-state index contributed by atoms with van der Waals surface area (Å²) in [6, 6.07) is 0. The first-order valence-electron chi connectivity index (χ1n) is 7.06. The van der Waals surface area contributed by atoms with Gasteiger partial charge in [-0.1, -0.05) is 27.7 Å². The molecule has 0 aliphatic carbocycles. The molecule has 3 N–H and O–H groups in total. The van der Waals surface area contributed by atoms with E-state index in [4.69, 9.17) is 10.5 Å². The monoisotopic (exact) mass is 280 g/mol. The Kier molecular flexibility index (Phi) is 4.84. The van der Waals surface area contributed by atoms with Gasteiger partial charge in [0.2, 0.25) is 5.88 Å². The molecule has 5 nitrogen and oxygen atoms in total. The van der Waals surface area contributed by atoms with Crippen molar-refractivity contribution in [3.8, 4) is 5.88 Å². The molecule has 1 heterocycles. The molecule has 1 rings (SSSR count). The Morgan fingerprint density at radius 2 is 1.75 bits per heavy atom. The van der Waals surface area contributed by atoms with Crippen molar-refractivity contribution < 1.29 is 4.74 Å². The molecule has 1 aromatic heterocycles. The smallest absolute Gasteiger partial charge is 0.242 e. The number of hydrogen-bond donors (Lipinski definition) is 2. The molecule has 114 valence electrons. The summed E-state index contributed by atoms with van der Waals surface area (Å²) < 4.78 is 5.23. The van der Waals surface area contributed by atoms with Gasteiger partial charge in [0.05, 0.1) is 7.11 Å². The molecule has 0 saturated carbocycles. The normalized spacial score (nSPS) is 12.3. The minimum atomic E-state index is -0.114. The van der Waals surface area contributed by atoms with E-state index in [9.17, 15) is 0 Å². The Morgan fingerprint density at radius 3 is 2.20 bits per heavy atom. The number of anilines is 2. The summed E-state index contributed by atoms with van der Waals surface area (Å²) in [5.74, 6) is 1.82. The standard InChI is InChI=1S/C15H28N4O/c1-8-10-17-12(11(16)13(18-10)20-7)19-15(5,6)9-14(2,3)4/h8-9,16H2,1-7H3,(H,17,18,19). The van der Waals surface area contributed by atoms with E-state index in [0.29, 0.717) is 17.4 Å². The van der Waals surface area contributed by atoms with Gasteiger partial charge in [-0.25, -0.2) is 4.98 Å². The van der Waals surface area contributed by atoms with Crippen LogP contribution in [0, 0.1) is 5.41 Å². The lowest BCUT2D eigenvalue weighted by Gasteiger charge is -2.34. The lowest BCUT2D eigenvalue weighted by molar-refractivity contribution is 0.302. The van der Waals surface area contributed by atoms with Crippen molar-refractivity contribution in [3.63, 3.8) is 0 Å². The van der Waals surface area contributed by atoms with E-state index in [1.807, 2.05) is 6.92 Å². The predicted molar refractivity (Wildman–Crippen MR) is 84.1 cm³/mol. The highest BCUT2D eigenvalue weighted by atomic mass is 16.5. The van der Waals surface area contributed by atoms with Crippen molar-refractivity contribution in [2.75, 3.05) is 18.2 Å². The van der Waals surface area contributed by atoms with E-state index in [1.165, 1.54) is 0 Å². The highest BCUT2D eigenvalue weighted by Gasteiger charge is 2.27. The SMILES string of the molecule is CCc1nc(NC(C)(C)CC(C)(C)C)c(N)c(OC)n1. The van der Waals surface area contributed by atoms with Gasteiger partial charge < -0.3 is 15.8 Å². The fourth-order valence-corrected chi connectivity index (χ4v) is 2.59. The molecule has 0 unspecified atom stereocenters. The summed E-state index contributed by atoms with van der Waals surface area (Å²) in [4.78, 5) is 8.76. The van der Waals surface area contributed by atoms with Gasteiger partial charge >= 0.3 is 0 Å². The van der Waals surface area contributed by atoms with E-state index in [0.717, 1.165) is 18.7 Å². The summed E-state index contributed by atoms with van der Waals surface area (Å²) in [7, 11) is 1.57. The summed E-state index contributed by atoms with van der Waals surface area (Å²) in [5.41, 5.74) is 6.64. The first kappa shape index (κ1) is 16.5. The Morgan fingerprint density at radius 1 is 1.15 bits per heavy atom. The molecular formula is C15H28N4O. The number of nitrogens with zero attached hydrogens (tertiary/aromatic N) is 2. The number of hydrogen-bond acceptors (Lipinski definition) is 5. The highest BCUT2D eigenvalue weighted by molar-refractivity contribution is 5.67. The second-order valence-electron chi connectivity index (χ2n) is 7.01. The number of nitrogens with two attached hydrogens (primary N) is 1. The van der Waals surface area contributed by atoms with Gasteiger partial charge in [0.1, 0.15) is 11.5 Å². The van der Waals surface area contributed by atoms with E-state index in [-0.39, 0.29) is 11.0 Å². The van der Waals surface area contributed by atoms with Gasteiger partial charge in [-0.15, -0.1) is 0 Å². The zero-order valence-corrected chi connectivity index (χ0v) is 13.8. The molecule has 1 aromatic rings. The molecule has 0 saturated heterocycles. The van der Waals surface area contributed by atoms with Crippen molar-refractivity contribution >= 4 is 11.5 Å². The molecule has 0 fully saturated rings. The van der Waals surface area contributed by atoms with Crippen molar-refractivity contribution in [2.24, 2.45) is 5.41 Å². The second kappa shape index (κ2) is 5.85. The molecule has 0 atom stereocenters. The molecular weight excluding hydrogens is 252 g/mol. The number of nitrogen functional groups attached to an aromatic ring is 1. The highest BCUT2D eigenvalue weighted by Crippen LogP contribution is 2.33. The molecule has 0 spiro atoms. The van der Waals surface area contributed by atoms with Crippen LogP contribution in [0.2, 0.25) is 0 Å². The van der Waals surface area contributed by atoms with Gasteiger partial charge in [-0.2, -0.15) is 4.98 Å². The maximum absolute atomic E-state index is 6.08. The van der Waals surface area contributed by atoms with Crippen molar-refractivity contribution in [1.29, 1.82) is 0 Å². The Bertz CT molecular complexity index is 464. The van der Waals surface area contributed by atoms with Gasteiger partial charge in [0.25, 0.3) is 0 Å². The van der Waals surface area contributed by atoms with Gasteiger partial charge in [0, 0.05) is 12.0 Å². The lowest BCUT2D eigenvalue weighted by Crippen LogP contribution is -2.36. The van der Waals surface area contributed by atoms with Gasteiger partial charge in [-0.3, -0.25) is 0 Å². The minimum Gasteiger partial charge on any atom is -0.479 e. The molecule has 0 aliphatic heterocycles. The quantitative estimate of drug-likeness (QED) is 0.866. The van der Waals surface area contributed by atoms with E-state index in [1.54, 1.807) is 7.11 Å². The zero-order valence-electron chi connectivity index (χ0n) is 13.8. The summed E-state index contributed by atoms with van der Waals surface area (Å²) in [5, 5.41) is 3.44. The van der Waals surface area contributed by atoms with Crippen molar-refractivity contribution in [1.82, 2.24) is 9.97 Å². The summed E-state index contributed by atoms with van der Waals surface area (Å²) in [6.07, 6.45) is 1.73. The molecule has 0 amide bonds. The van der Waals surface area contributed by atoms with Crippen LogP contribution in [0.4, 0.5) is 11.5 Å². The number of aromatic nitrogens is 2. The van der Waals surface area contributed by atoms with Crippen LogP contribution in [0.15, 0.2) is 0 Å². The molecule has 0 aromatic carbocycles. The number of rotatable bonds is 5. The van der Waals surface area contributed by atoms with Crippen LogP contribution in [0.1, 0.15) is 53.8 Å². The van der Waals surface area contributed by atoms with E-state index in [2.05, 4.69) is 49.9 Å². The molecule has 0 radical (unpaired) electrons. The third-order valence-electron chi connectivity index (χ3n) is 2.90. The van der Waals surface area contributed by atoms with Crippen LogP contribution in [0.3, 0.4) is 0 Å². The van der Waals surface area contributed by atoms with Crippen LogP contribution >= 0.6 is 0 Å². The van der Waals surface area contributed by atoms with E-state index < -0.39 is 0 Å². The number of methoxy groups -OCH3 is 1. The second-order valence-corrected chi connectivity index (χ2v) is 7.01. The average Bonchev–Trinajstić information content (AvgIpc) is 2.28. The average molecular weight is 280 g/mol. The first-order chi connectivity index (χ1) is 9.08. The van der Waals surface area contributed by atoms with Crippen LogP contribution in [0.25, 0.3) is 0 Å². The van der Waals surface area contributed by atoms with Crippen LogP contribution in [-0.4, -0.2) is 22.6 Å². The third kappa shape index (κ3) is 4.54. The lowest BCUT2D eigenvalue weighted by atomic mass is 9.82. The Labute approximate surface area is 122 Å². The molecule has 20 heavy (non-hydrogen) atoms. The largest absolute Gasteiger partial charge is 0.479 e. The topological polar surface area (TPSA) is 73.1 Å². The minimum absolute atomic E-state index is 0.114. The summed E-state index contributed by atoms with van der Waals surface area (Å²) in [6.45, 7) is 13.0. The molecule has 5 heteroatoms. The van der Waals surface area contributed by atoms with E-state index >= 15 is 0 Å². The van der Waals surface area contributed by atoms with Crippen molar-refractivity contribution in [2.45, 2.75) is 59.9 Å². The van der Waals surface area contributed by atoms with Gasteiger partial charge in [0.15, 0.2) is 5.82 Å². The number of nitrogens with one attached hydrogen (secondary N) is 1. The van der Waals surface area contributed by atoms with Crippen molar-refractivity contribution in [3.05, 3.63) is 5.82 Å². The van der Waals surface area contributed by atoms with Crippen LogP contribution < -0.4 is 15.8 Å². The number of ether oxygens (including phenoxy) is 1. The Balaban J connectivity index is 3.07. The Hall–Kier alpha value is -1.52. The first-order valence-corrected chi connectivity index (χ1v) is 7.06. The maximum Gasteiger partial charge on any atom is 0.242 e. The van der Waals surface area contributed by atoms with Crippen LogP contribution in [0.5, 0.6) is 5.88 Å². The third-order valence-corrected chi connectivity index (χ3v) is 2.90.